The quantitative estimate of drug-likeness (QED) is 0.142. The molecule has 0 aliphatic carbocycles. The van der Waals surface area contributed by atoms with Crippen molar-refractivity contribution in [2.24, 2.45) is 0 Å². The number of fused-ring (bicyclic) bond motifs is 5. The molecule has 9 rings (SSSR count). The fraction of sp³-hybridized carbons (Fsp3) is 0. The van der Waals surface area contributed by atoms with E-state index in [2.05, 4.69) is 143 Å². The molecule has 0 aliphatic rings. The minimum Gasteiger partial charge on any atom is -0.309 e. The van der Waals surface area contributed by atoms with E-state index < -0.39 is 0 Å². The summed E-state index contributed by atoms with van der Waals surface area (Å²) in [6.07, 6.45) is 0. The van der Waals surface area contributed by atoms with Gasteiger partial charge in [0.25, 0.3) is 0 Å². The van der Waals surface area contributed by atoms with Gasteiger partial charge in [-0.25, -0.2) is 4.85 Å². The van der Waals surface area contributed by atoms with Crippen LogP contribution in [0.2, 0.25) is 0 Å². The van der Waals surface area contributed by atoms with E-state index in [9.17, 15) is 5.26 Å². The molecule has 0 radical (unpaired) electrons. The molecule has 0 bridgehead atoms. The molecule has 0 atom stereocenters. The Bertz CT molecular complexity index is 2770. The monoisotopic (exact) mass is 621 g/mol. The molecule has 0 aliphatic heterocycles. The molecule has 1 aromatic heterocycles. The van der Waals surface area contributed by atoms with Gasteiger partial charge in [-0.3, -0.25) is 0 Å². The summed E-state index contributed by atoms with van der Waals surface area (Å²) in [5, 5.41) is 16.4. The van der Waals surface area contributed by atoms with E-state index in [1.54, 1.807) is 0 Å². The van der Waals surface area contributed by atoms with Crippen molar-refractivity contribution in [1.82, 2.24) is 4.57 Å². The Morgan fingerprint density at radius 3 is 1.71 bits per heavy atom. The molecule has 9 aromatic rings. The van der Waals surface area contributed by atoms with Crippen molar-refractivity contribution in [2.75, 3.05) is 0 Å². The zero-order chi connectivity index (χ0) is 32.9. The lowest BCUT2D eigenvalue weighted by molar-refractivity contribution is 1.18. The van der Waals surface area contributed by atoms with Gasteiger partial charge in [-0.1, -0.05) is 121 Å². The third-order valence-electron chi connectivity index (χ3n) is 9.63. The van der Waals surface area contributed by atoms with Gasteiger partial charge in [0, 0.05) is 16.5 Å². The molecule has 226 valence electrons. The number of nitrogens with zero attached hydrogens (tertiary/aromatic N) is 3. The van der Waals surface area contributed by atoms with Gasteiger partial charge in [0.15, 0.2) is 5.69 Å². The summed E-state index contributed by atoms with van der Waals surface area (Å²) in [5.41, 5.74) is 11.2. The highest BCUT2D eigenvalue weighted by molar-refractivity contribution is 6.22. The van der Waals surface area contributed by atoms with E-state index in [1.165, 1.54) is 21.9 Å². The summed E-state index contributed by atoms with van der Waals surface area (Å²) in [6, 6.07) is 59.2. The van der Waals surface area contributed by atoms with Crippen molar-refractivity contribution < 1.29 is 0 Å². The molecule has 3 heteroatoms. The number of para-hydroxylation sites is 1. The minimum absolute atomic E-state index is 0.609. The maximum Gasteiger partial charge on any atom is 0.187 e. The Hall–Kier alpha value is -6.94. The van der Waals surface area contributed by atoms with E-state index in [1.807, 2.05) is 36.4 Å². The van der Waals surface area contributed by atoms with Crippen molar-refractivity contribution in [3.63, 3.8) is 0 Å². The van der Waals surface area contributed by atoms with Crippen LogP contribution in [0.3, 0.4) is 0 Å². The number of aromatic nitrogens is 1. The van der Waals surface area contributed by atoms with Crippen LogP contribution in [0.4, 0.5) is 5.69 Å². The fourth-order valence-corrected chi connectivity index (χ4v) is 7.51. The van der Waals surface area contributed by atoms with Crippen LogP contribution in [-0.2, 0) is 0 Å². The van der Waals surface area contributed by atoms with Gasteiger partial charge >= 0.3 is 0 Å². The lowest BCUT2D eigenvalue weighted by atomic mass is 9.83. The topological polar surface area (TPSA) is 33.1 Å². The highest BCUT2D eigenvalue weighted by Gasteiger charge is 2.20. The van der Waals surface area contributed by atoms with Gasteiger partial charge in [0.1, 0.15) is 0 Å². The van der Waals surface area contributed by atoms with Gasteiger partial charge < -0.3 is 4.57 Å². The van der Waals surface area contributed by atoms with E-state index in [4.69, 9.17) is 6.57 Å². The SMILES string of the molecule is [C-]#[N+]c1ccc(-c2ccc(-n3c4ccccc4c4cc(C#N)ccc43)cc2)c(-c2c3ccccc3c(-c3ccccc3)c3ccccc23)c1. The largest absolute Gasteiger partial charge is 0.309 e. The second-order valence-electron chi connectivity index (χ2n) is 12.3. The Morgan fingerprint density at radius 2 is 1.06 bits per heavy atom. The molecule has 0 amide bonds. The summed E-state index contributed by atoms with van der Waals surface area (Å²) in [4.78, 5) is 3.86. The van der Waals surface area contributed by atoms with Crippen molar-refractivity contribution in [3.05, 3.63) is 181 Å². The maximum atomic E-state index is 9.58. The van der Waals surface area contributed by atoms with Crippen LogP contribution in [0.1, 0.15) is 5.56 Å². The molecular formula is C46H27N3. The zero-order valence-corrected chi connectivity index (χ0v) is 26.4. The first-order chi connectivity index (χ1) is 24.2. The van der Waals surface area contributed by atoms with Gasteiger partial charge in [0.05, 0.1) is 29.2 Å². The highest BCUT2D eigenvalue weighted by Crippen LogP contribution is 2.47. The summed E-state index contributed by atoms with van der Waals surface area (Å²) < 4.78 is 2.27. The van der Waals surface area contributed by atoms with E-state index in [-0.39, 0.29) is 0 Å². The Balaban J connectivity index is 1.27. The van der Waals surface area contributed by atoms with Crippen molar-refractivity contribution >= 4 is 49.0 Å². The second-order valence-corrected chi connectivity index (χ2v) is 12.3. The Labute approximate surface area is 284 Å². The summed E-state index contributed by atoms with van der Waals surface area (Å²) in [5.74, 6) is 0. The van der Waals surface area contributed by atoms with Crippen LogP contribution in [0, 0.1) is 17.9 Å². The van der Waals surface area contributed by atoms with E-state index in [0.717, 1.165) is 60.5 Å². The summed E-state index contributed by atoms with van der Waals surface area (Å²) in [6.45, 7) is 7.92. The standard InChI is InChI=1S/C46H27N3/c1-48-33-22-25-35(31-20-23-34(24-21-31)49-43-18-10-9-13-36(43)41-27-30(29-47)19-26-44(41)49)42(28-33)46-39-16-7-5-14-37(39)45(32-11-3-2-4-12-32)38-15-6-8-17-40(38)46/h2-28H. The van der Waals surface area contributed by atoms with Crippen LogP contribution in [-0.4, -0.2) is 4.57 Å². The van der Waals surface area contributed by atoms with E-state index >= 15 is 0 Å². The van der Waals surface area contributed by atoms with Gasteiger partial charge in [-0.05, 0) is 97.4 Å². The molecule has 0 spiro atoms. The van der Waals surface area contributed by atoms with Gasteiger partial charge in [-0.2, -0.15) is 5.26 Å². The summed E-state index contributed by atoms with van der Waals surface area (Å²) >= 11 is 0. The van der Waals surface area contributed by atoms with Gasteiger partial charge in [-0.15, -0.1) is 0 Å². The van der Waals surface area contributed by atoms with E-state index in [0.29, 0.717) is 11.3 Å². The number of hydrogen-bond donors (Lipinski definition) is 0. The molecule has 8 aromatic carbocycles. The normalized spacial score (nSPS) is 11.2. The van der Waals surface area contributed by atoms with Crippen molar-refractivity contribution in [3.8, 4) is 45.1 Å². The lowest BCUT2D eigenvalue weighted by Crippen LogP contribution is -1.95. The predicted octanol–water partition coefficient (Wildman–Crippen LogP) is 12.5. The zero-order valence-electron chi connectivity index (χ0n) is 26.4. The minimum atomic E-state index is 0.609. The molecule has 0 unspecified atom stereocenters. The van der Waals surface area contributed by atoms with Crippen LogP contribution < -0.4 is 0 Å². The molecule has 3 nitrogen and oxygen atoms in total. The van der Waals surface area contributed by atoms with Crippen LogP contribution in [0.5, 0.6) is 0 Å². The number of hydrogen-bond acceptors (Lipinski definition) is 1. The van der Waals surface area contributed by atoms with Crippen LogP contribution in [0.25, 0.3) is 87.3 Å². The average molecular weight is 622 g/mol. The summed E-state index contributed by atoms with van der Waals surface area (Å²) in [7, 11) is 0. The molecule has 0 saturated carbocycles. The van der Waals surface area contributed by atoms with Gasteiger partial charge in [0.2, 0.25) is 0 Å². The lowest BCUT2D eigenvalue weighted by Gasteiger charge is -2.20. The molecule has 0 N–H and O–H groups in total. The number of benzene rings is 8. The first-order valence-electron chi connectivity index (χ1n) is 16.3. The second kappa shape index (κ2) is 11.4. The van der Waals surface area contributed by atoms with Crippen LogP contribution >= 0.6 is 0 Å². The number of nitriles is 1. The maximum absolute atomic E-state index is 9.58. The fourth-order valence-electron chi connectivity index (χ4n) is 7.51. The highest BCUT2D eigenvalue weighted by atomic mass is 15.0. The third-order valence-corrected chi connectivity index (χ3v) is 9.63. The van der Waals surface area contributed by atoms with Crippen LogP contribution in [0.15, 0.2) is 164 Å². The Kier molecular flexibility index (Phi) is 6.58. The third kappa shape index (κ3) is 4.49. The first-order valence-corrected chi connectivity index (χ1v) is 16.3. The smallest absolute Gasteiger partial charge is 0.187 e. The molecule has 1 heterocycles. The molecule has 0 saturated heterocycles. The molecular weight excluding hydrogens is 595 g/mol. The predicted molar refractivity (Wildman–Crippen MR) is 203 cm³/mol. The van der Waals surface area contributed by atoms with Crippen molar-refractivity contribution in [2.45, 2.75) is 0 Å². The average Bonchev–Trinajstić information content (AvgIpc) is 3.50. The van der Waals surface area contributed by atoms with Crippen molar-refractivity contribution in [1.29, 1.82) is 5.26 Å². The number of rotatable bonds is 4. The molecule has 49 heavy (non-hydrogen) atoms. The molecule has 0 fully saturated rings. The Morgan fingerprint density at radius 1 is 0.469 bits per heavy atom. The first kappa shape index (κ1) is 28.3.